The molecule has 1 unspecified atom stereocenters. The van der Waals surface area contributed by atoms with Crippen LogP contribution < -0.4 is 0 Å². The lowest BCUT2D eigenvalue weighted by Gasteiger charge is -2.29. The zero-order chi connectivity index (χ0) is 30.1. The van der Waals surface area contributed by atoms with E-state index in [1.165, 1.54) is 0 Å². The van der Waals surface area contributed by atoms with Gasteiger partial charge >= 0.3 is 6.09 Å². The normalized spacial score (nSPS) is 15.9. The second-order valence-electron chi connectivity index (χ2n) is 13.1. The number of imidazole rings is 1. The Morgan fingerprint density at radius 1 is 1.00 bits per heavy atom. The van der Waals surface area contributed by atoms with Crippen LogP contribution in [-0.2, 0) is 16.2 Å². The van der Waals surface area contributed by atoms with Crippen LogP contribution in [0.2, 0.25) is 25.7 Å². The first-order valence-electron chi connectivity index (χ1n) is 14.6. The summed E-state index contributed by atoms with van der Waals surface area (Å²) in [6.07, 6.45) is 6.68. The van der Waals surface area contributed by atoms with Crippen LogP contribution in [0.15, 0.2) is 55.0 Å². The first kappa shape index (κ1) is 29.7. The van der Waals surface area contributed by atoms with Gasteiger partial charge in [-0.25, -0.2) is 9.78 Å². The highest BCUT2D eigenvalue weighted by Crippen LogP contribution is 2.35. The molecule has 0 bridgehead atoms. The molecule has 1 fully saturated rings. The van der Waals surface area contributed by atoms with Crippen molar-refractivity contribution in [3.63, 3.8) is 0 Å². The molecule has 4 aromatic rings. The number of likely N-dealkylation sites (tertiary alicyclic amines) is 1. The molecule has 0 radical (unpaired) electrons. The molecule has 1 N–H and O–H groups in total. The first-order valence-corrected chi connectivity index (χ1v) is 18.3. The van der Waals surface area contributed by atoms with Gasteiger partial charge in [0.2, 0.25) is 0 Å². The summed E-state index contributed by atoms with van der Waals surface area (Å²) >= 11 is 0. The summed E-state index contributed by atoms with van der Waals surface area (Å²) in [5.74, 6) is 1.01. The van der Waals surface area contributed by atoms with E-state index in [1.54, 1.807) is 35.6 Å². The van der Waals surface area contributed by atoms with Crippen molar-refractivity contribution in [2.45, 2.75) is 77.7 Å². The molecule has 1 aliphatic heterocycles. The van der Waals surface area contributed by atoms with Gasteiger partial charge in [0.15, 0.2) is 0 Å². The number of ether oxygens (including phenoxy) is 2. The summed E-state index contributed by atoms with van der Waals surface area (Å²) in [5.41, 5.74) is 2.59. The Labute approximate surface area is 248 Å². The summed E-state index contributed by atoms with van der Waals surface area (Å²) in [6, 6.07) is 12.1. The smallest absolute Gasteiger partial charge is 0.410 e. The topological polar surface area (TPSA) is 103 Å². The van der Waals surface area contributed by atoms with Crippen molar-refractivity contribution in [2.75, 3.05) is 13.2 Å². The molecule has 1 aliphatic rings. The van der Waals surface area contributed by atoms with Crippen LogP contribution in [0, 0.1) is 0 Å². The number of phenolic OH excluding ortho intramolecular Hbond substituents is 1. The average molecular weight is 588 g/mol. The molecule has 9 nitrogen and oxygen atoms in total. The van der Waals surface area contributed by atoms with Gasteiger partial charge in [-0.05, 0) is 68.6 Å². The van der Waals surface area contributed by atoms with Crippen LogP contribution >= 0.6 is 0 Å². The van der Waals surface area contributed by atoms with Crippen LogP contribution in [0.4, 0.5) is 4.79 Å². The highest BCUT2D eigenvalue weighted by atomic mass is 28.3. The molecular weight excluding hydrogens is 546 g/mol. The summed E-state index contributed by atoms with van der Waals surface area (Å²) < 4.78 is 13.9. The lowest BCUT2D eigenvalue weighted by atomic mass is 10.0. The van der Waals surface area contributed by atoms with Gasteiger partial charge in [0.05, 0.1) is 36.0 Å². The minimum absolute atomic E-state index is 0.210. The Kier molecular flexibility index (Phi) is 8.38. The molecule has 2 aromatic heterocycles. The number of hydrogen-bond acceptors (Lipinski definition) is 7. The Hall–Kier alpha value is -3.76. The number of aromatic hydroxyl groups is 1. The number of hydrogen-bond donors (Lipinski definition) is 1. The summed E-state index contributed by atoms with van der Waals surface area (Å²) in [7, 11) is -1.26. The molecule has 1 atom stereocenters. The number of amides is 1. The molecular formula is C32H41N5O4Si. The van der Waals surface area contributed by atoms with Crippen molar-refractivity contribution >= 4 is 24.9 Å². The van der Waals surface area contributed by atoms with Crippen LogP contribution in [0.25, 0.3) is 33.4 Å². The molecule has 0 spiro atoms. The van der Waals surface area contributed by atoms with E-state index >= 15 is 0 Å². The Morgan fingerprint density at radius 3 is 2.43 bits per heavy atom. The number of carbonyl (C=O) groups is 1. The zero-order valence-corrected chi connectivity index (χ0v) is 26.4. The molecule has 42 heavy (non-hydrogen) atoms. The minimum atomic E-state index is -1.26. The van der Waals surface area contributed by atoms with Gasteiger partial charge in [-0.3, -0.25) is 14.9 Å². The van der Waals surface area contributed by atoms with Crippen molar-refractivity contribution in [1.29, 1.82) is 0 Å². The number of rotatable bonds is 8. The van der Waals surface area contributed by atoms with E-state index in [9.17, 15) is 9.90 Å². The van der Waals surface area contributed by atoms with Gasteiger partial charge in [-0.2, -0.15) is 0 Å². The van der Waals surface area contributed by atoms with Crippen molar-refractivity contribution in [3.05, 3.63) is 60.8 Å². The second-order valence-corrected chi connectivity index (χ2v) is 18.8. The van der Waals surface area contributed by atoms with Gasteiger partial charge in [0.1, 0.15) is 29.6 Å². The third kappa shape index (κ3) is 6.99. The van der Waals surface area contributed by atoms with Crippen molar-refractivity contribution < 1.29 is 19.4 Å². The summed E-state index contributed by atoms with van der Waals surface area (Å²) in [6.45, 7) is 14.2. The minimum Gasteiger partial charge on any atom is -0.508 e. The molecule has 1 amide bonds. The van der Waals surface area contributed by atoms with E-state index in [0.717, 1.165) is 52.4 Å². The molecule has 3 heterocycles. The monoisotopic (exact) mass is 587 g/mol. The second kappa shape index (κ2) is 11.8. The number of nitrogens with zero attached hydrogens (tertiary/aromatic N) is 5. The van der Waals surface area contributed by atoms with E-state index in [4.69, 9.17) is 24.4 Å². The van der Waals surface area contributed by atoms with Gasteiger partial charge in [0.25, 0.3) is 0 Å². The van der Waals surface area contributed by atoms with E-state index in [0.29, 0.717) is 25.6 Å². The SMILES string of the molecule is CC(C)(C)OC(=O)N1CCCC1c1ncc(-c2cnc(-c3ccc4cc(O)ccc4c3)cn2)n1COCC[Si](C)(C)C. The molecule has 5 rings (SSSR count). The lowest BCUT2D eigenvalue weighted by molar-refractivity contribution is 0.0204. The van der Waals surface area contributed by atoms with Crippen LogP contribution in [0.1, 0.15) is 45.5 Å². The van der Waals surface area contributed by atoms with Crippen LogP contribution in [0.3, 0.4) is 0 Å². The summed E-state index contributed by atoms with van der Waals surface area (Å²) in [4.78, 5) is 29.2. The largest absolute Gasteiger partial charge is 0.508 e. The third-order valence-corrected chi connectivity index (χ3v) is 9.02. The third-order valence-electron chi connectivity index (χ3n) is 7.32. The fourth-order valence-electron chi connectivity index (χ4n) is 5.11. The Bertz CT molecular complexity index is 1560. The van der Waals surface area contributed by atoms with Crippen molar-refractivity contribution in [1.82, 2.24) is 24.4 Å². The van der Waals surface area contributed by atoms with Gasteiger partial charge in [-0.1, -0.05) is 37.8 Å². The zero-order valence-electron chi connectivity index (χ0n) is 25.4. The van der Waals surface area contributed by atoms with E-state index in [-0.39, 0.29) is 17.9 Å². The molecule has 0 saturated carbocycles. The quantitative estimate of drug-likeness (QED) is 0.171. The molecule has 0 aliphatic carbocycles. The fraction of sp³-hybridized carbons (Fsp3) is 0.438. The summed E-state index contributed by atoms with van der Waals surface area (Å²) in [5, 5.41) is 11.8. The predicted octanol–water partition coefficient (Wildman–Crippen LogP) is 7.25. The number of fused-ring (bicyclic) bond motifs is 1. The Balaban J connectivity index is 1.44. The Morgan fingerprint density at radius 2 is 1.71 bits per heavy atom. The highest BCUT2D eigenvalue weighted by Gasteiger charge is 2.36. The molecule has 10 heteroatoms. The highest BCUT2D eigenvalue weighted by molar-refractivity contribution is 6.76. The molecule has 2 aromatic carbocycles. The number of carbonyl (C=O) groups excluding carboxylic acids is 1. The van der Waals surface area contributed by atoms with Crippen LogP contribution in [-0.4, -0.2) is 62.4 Å². The number of benzene rings is 2. The van der Waals surface area contributed by atoms with Crippen molar-refractivity contribution in [2.24, 2.45) is 0 Å². The predicted molar refractivity (Wildman–Crippen MR) is 167 cm³/mol. The average Bonchev–Trinajstić information content (AvgIpc) is 3.57. The molecule has 222 valence electrons. The first-order chi connectivity index (χ1) is 19.9. The van der Waals surface area contributed by atoms with Gasteiger partial charge in [-0.15, -0.1) is 0 Å². The van der Waals surface area contributed by atoms with Gasteiger partial charge in [0, 0.05) is 26.8 Å². The number of phenols is 1. The van der Waals surface area contributed by atoms with E-state index in [2.05, 4.69) is 19.6 Å². The van der Waals surface area contributed by atoms with Crippen LogP contribution in [0.5, 0.6) is 5.75 Å². The van der Waals surface area contributed by atoms with Crippen molar-refractivity contribution in [3.8, 4) is 28.4 Å². The van der Waals surface area contributed by atoms with Gasteiger partial charge < -0.3 is 19.1 Å². The van der Waals surface area contributed by atoms with E-state index < -0.39 is 13.7 Å². The maximum Gasteiger partial charge on any atom is 0.410 e. The fourth-order valence-corrected chi connectivity index (χ4v) is 5.86. The van der Waals surface area contributed by atoms with E-state index in [1.807, 2.05) is 49.6 Å². The maximum absolute atomic E-state index is 13.1. The number of aromatic nitrogens is 4. The maximum atomic E-state index is 13.1. The standard InChI is InChI=1S/C32H41N5O4Si/c1-32(2,3)41-31(39)36-13-7-8-28(36)30-35-20-29(37(30)21-40-14-15-42(4,5)6)27-19-33-26(18-34-27)24-10-9-23-17-25(38)12-11-22(23)16-24/h9-12,16-20,28,38H,7-8,13-15,21H2,1-6H3. The lowest BCUT2D eigenvalue weighted by Crippen LogP contribution is -2.37. The molecule has 1 saturated heterocycles.